The van der Waals surface area contributed by atoms with Crippen LogP contribution in [-0.2, 0) is 13.6 Å². The fourth-order valence-corrected chi connectivity index (χ4v) is 2.46. The van der Waals surface area contributed by atoms with Crippen LogP contribution >= 0.6 is 7.60 Å². The van der Waals surface area contributed by atoms with Crippen molar-refractivity contribution in [3.8, 4) is 0 Å². The Morgan fingerprint density at radius 3 is 2.00 bits per heavy atom. The number of unbranched alkanes of at least 4 members (excludes halogenated alkanes) is 2. The van der Waals surface area contributed by atoms with E-state index in [1.54, 1.807) is 6.08 Å². The molecule has 0 fully saturated rings. The highest BCUT2D eigenvalue weighted by molar-refractivity contribution is 7.57. The average Bonchev–Trinajstić information content (AvgIpc) is 2.27. The first-order valence-corrected chi connectivity index (χ1v) is 7.88. The Morgan fingerprint density at radius 2 is 1.65 bits per heavy atom. The first-order valence-electron chi connectivity index (χ1n) is 6.27. The van der Waals surface area contributed by atoms with Gasteiger partial charge < -0.3 is 9.05 Å². The standard InChI is InChI=1S/C13H25O3P/c1-5-7-10-15-17(14,12-9-13(3)4)16-11-8-6-2/h9,12H,3,5-8,10-11H2,1-2,4H3. The van der Waals surface area contributed by atoms with E-state index in [0.29, 0.717) is 13.2 Å². The van der Waals surface area contributed by atoms with Crippen LogP contribution in [0.1, 0.15) is 46.5 Å². The SMILES string of the molecule is C=C(C)C=CP(=O)(OCCCC)OCCCC. The molecule has 100 valence electrons. The Morgan fingerprint density at radius 1 is 1.18 bits per heavy atom. The van der Waals surface area contributed by atoms with E-state index in [9.17, 15) is 4.57 Å². The van der Waals surface area contributed by atoms with Gasteiger partial charge in [0, 0.05) is 5.82 Å². The van der Waals surface area contributed by atoms with Crippen molar-refractivity contribution in [1.29, 1.82) is 0 Å². The van der Waals surface area contributed by atoms with Gasteiger partial charge in [0.1, 0.15) is 0 Å². The predicted molar refractivity (Wildman–Crippen MR) is 73.3 cm³/mol. The van der Waals surface area contributed by atoms with Crippen LogP contribution in [0.25, 0.3) is 0 Å². The highest BCUT2D eigenvalue weighted by atomic mass is 31.2. The topological polar surface area (TPSA) is 35.5 Å². The molecule has 0 radical (unpaired) electrons. The van der Waals surface area contributed by atoms with Crippen molar-refractivity contribution in [3.63, 3.8) is 0 Å². The fraction of sp³-hybridized carbons (Fsp3) is 0.692. The normalized spacial score (nSPS) is 12.2. The van der Waals surface area contributed by atoms with Crippen LogP contribution in [0.5, 0.6) is 0 Å². The predicted octanol–water partition coefficient (Wildman–Crippen LogP) is 4.90. The van der Waals surface area contributed by atoms with E-state index in [1.165, 1.54) is 5.82 Å². The Labute approximate surface area is 105 Å². The van der Waals surface area contributed by atoms with Gasteiger partial charge in [-0.1, -0.05) is 44.9 Å². The first-order chi connectivity index (χ1) is 8.04. The molecule has 0 aliphatic carbocycles. The van der Waals surface area contributed by atoms with Crippen molar-refractivity contribution in [2.75, 3.05) is 13.2 Å². The van der Waals surface area contributed by atoms with Gasteiger partial charge in [0.2, 0.25) is 0 Å². The molecule has 0 atom stereocenters. The molecule has 0 aromatic heterocycles. The number of allylic oxidation sites excluding steroid dienone is 2. The third kappa shape index (κ3) is 9.34. The lowest BCUT2D eigenvalue weighted by molar-refractivity contribution is 0.207. The molecular formula is C13H25O3P. The number of hydrogen-bond donors (Lipinski definition) is 0. The molecule has 0 aliphatic rings. The summed E-state index contributed by atoms with van der Waals surface area (Å²) < 4.78 is 23.0. The van der Waals surface area contributed by atoms with E-state index in [0.717, 1.165) is 31.3 Å². The summed E-state index contributed by atoms with van der Waals surface area (Å²) in [6, 6.07) is 0. The van der Waals surface area contributed by atoms with Gasteiger partial charge in [0.15, 0.2) is 0 Å². The van der Waals surface area contributed by atoms with Crippen LogP contribution in [0.2, 0.25) is 0 Å². The zero-order valence-electron chi connectivity index (χ0n) is 11.3. The molecule has 0 aromatic rings. The molecule has 0 heterocycles. The van der Waals surface area contributed by atoms with Gasteiger partial charge in [0.05, 0.1) is 13.2 Å². The Bertz CT molecular complexity index is 270. The zero-order chi connectivity index (χ0) is 13.1. The van der Waals surface area contributed by atoms with Crippen LogP contribution < -0.4 is 0 Å². The monoisotopic (exact) mass is 260 g/mol. The van der Waals surface area contributed by atoms with E-state index >= 15 is 0 Å². The third-order valence-electron chi connectivity index (χ3n) is 2.08. The maximum absolute atomic E-state index is 12.3. The molecule has 0 aliphatic heterocycles. The summed E-state index contributed by atoms with van der Waals surface area (Å²) in [4.78, 5) is 0. The highest BCUT2D eigenvalue weighted by Crippen LogP contribution is 2.50. The molecule has 0 spiro atoms. The summed E-state index contributed by atoms with van der Waals surface area (Å²) in [5.74, 6) is 1.51. The molecule has 4 heteroatoms. The van der Waals surface area contributed by atoms with Gasteiger partial charge in [-0.25, -0.2) is 0 Å². The van der Waals surface area contributed by atoms with Crippen LogP contribution in [-0.4, -0.2) is 13.2 Å². The maximum atomic E-state index is 12.3. The van der Waals surface area contributed by atoms with E-state index in [-0.39, 0.29) is 0 Å². The quantitative estimate of drug-likeness (QED) is 0.318. The molecule has 0 amide bonds. The summed E-state index contributed by atoms with van der Waals surface area (Å²) in [6.07, 6.45) is 5.50. The van der Waals surface area contributed by atoms with Crippen LogP contribution in [0, 0.1) is 0 Å². The number of hydrogen-bond acceptors (Lipinski definition) is 3. The van der Waals surface area contributed by atoms with Crippen molar-refractivity contribution in [1.82, 2.24) is 0 Å². The maximum Gasteiger partial charge on any atom is 0.354 e. The van der Waals surface area contributed by atoms with Gasteiger partial charge >= 0.3 is 7.60 Å². The van der Waals surface area contributed by atoms with Crippen LogP contribution in [0.3, 0.4) is 0 Å². The Balaban J connectivity index is 4.34. The van der Waals surface area contributed by atoms with Gasteiger partial charge in [-0.2, -0.15) is 0 Å². The molecule has 0 aromatic carbocycles. The fourth-order valence-electron chi connectivity index (χ4n) is 1.01. The van der Waals surface area contributed by atoms with Gasteiger partial charge in [-0.3, -0.25) is 4.57 Å². The minimum atomic E-state index is -3.07. The molecule has 0 saturated heterocycles. The lowest BCUT2D eigenvalue weighted by Crippen LogP contribution is -1.97. The van der Waals surface area contributed by atoms with Crippen molar-refractivity contribution < 1.29 is 13.6 Å². The van der Waals surface area contributed by atoms with Gasteiger partial charge in [-0.15, -0.1) is 0 Å². The van der Waals surface area contributed by atoms with E-state index in [1.807, 2.05) is 6.92 Å². The lowest BCUT2D eigenvalue weighted by atomic mass is 10.4. The summed E-state index contributed by atoms with van der Waals surface area (Å²) >= 11 is 0. The molecule has 0 rings (SSSR count). The Kier molecular flexibility index (Phi) is 9.43. The minimum Gasteiger partial charge on any atom is -0.306 e. The van der Waals surface area contributed by atoms with Crippen LogP contribution in [0.4, 0.5) is 0 Å². The second-order valence-electron chi connectivity index (χ2n) is 4.08. The van der Waals surface area contributed by atoms with Gasteiger partial charge in [0.25, 0.3) is 0 Å². The molecule has 0 saturated carbocycles. The molecule has 17 heavy (non-hydrogen) atoms. The largest absolute Gasteiger partial charge is 0.354 e. The van der Waals surface area contributed by atoms with Crippen LogP contribution in [0.15, 0.2) is 24.0 Å². The highest BCUT2D eigenvalue weighted by Gasteiger charge is 2.19. The van der Waals surface area contributed by atoms with Crippen molar-refractivity contribution in [3.05, 3.63) is 24.0 Å². The summed E-state index contributed by atoms with van der Waals surface area (Å²) in [7, 11) is -3.07. The summed E-state index contributed by atoms with van der Waals surface area (Å²) in [5, 5.41) is 0. The molecule has 0 unspecified atom stereocenters. The second kappa shape index (κ2) is 9.64. The van der Waals surface area contributed by atoms with E-state index in [2.05, 4.69) is 20.4 Å². The van der Waals surface area contributed by atoms with Crippen molar-refractivity contribution >= 4 is 7.60 Å². The second-order valence-corrected chi connectivity index (χ2v) is 5.97. The number of rotatable bonds is 10. The average molecular weight is 260 g/mol. The Hall–Kier alpha value is -0.370. The third-order valence-corrected chi connectivity index (χ3v) is 3.68. The molecule has 0 N–H and O–H groups in total. The lowest BCUT2D eigenvalue weighted by Gasteiger charge is -2.14. The summed E-state index contributed by atoms with van der Waals surface area (Å²) in [5.41, 5.74) is 0.836. The van der Waals surface area contributed by atoms with E-state index in [4.69, 9.17) is 9.05 Å². The first kappa shape index (κ1) is 16.6. The molecule has 0 bridgehead atoms. The minimum absolute atomic E-state index is 0.473. The molecule has 3 nitrogen and oxygen atoms in total. The van der Waals surface area contributed by atoms with Gasteiger partial charge in [-0.05, 0) is 19.8 Å². The van der Waals surface area contributed by atoms with Crippen molar-refractivity contribution in [2.45, 2.75) is 46.5 Å². The van der Waals surface area contributed by atoms with Crippen molar-refractivity contribution in [2.24, 2.45) is 0 Å². The van der Waals surface area contributed by atoms with E-state index < -0.39 is 7.60 Å². The molecular weight excluding hydrogens is 235 g/mol. The zero-order valence-corrected chi connectivity index (χ0v) is 12.2. The summed E-state index contributed by atoms with van der Waals surface area (Å²) in [6.45, 7) is 10.7. The smallest absolute Gasteiger partial charge is 0.306 e.